The number of fused-ring (bicyclic) bond motifs is 1. The third-order valence-corrected chi connectivity index (χ3v) is 4.06. The second kappa shape index (κ2) is 5.88. The zero-order valence-corrected chi connectivity index (χ0v) is 12.7. The number of aromatic nitrogens is 2. The summed E-state index contributed by atoms with van der Waals surface area (Å²) < 4.78 is 1.95. The maximum atomic E-state index is 9.35. The van der Waals surface area contributed by atoms with Crippen LogP contribution >= 0.6 is 22.9 Å². The monoisotopic (exact) mass is 297 g/mol. The Hall–Kier alpha value is -1.13. The highest BCUT2D eigenvalue weighted by atomic mass is 35.5. The van der Waals surface area contributed by atoms with Crippen LogP contribution in [0, 0.1) is 18.3 Å². The van der Waals surface area contributed by atoms with Crippen molar-refractivity contribution in [1.29, 1.82) is 5.26 Å². The molecular formula is C12H16ClN5S. The van der Waals surface area contributed by atoms with Crippen molar-refractivity contribution in [3.8, 4) is 6.07 Å². The summed E-state index contributed by atoms with van der Waals surface area (Å²) in [6.45, 7) is 3.57. The molecule has 1 unspecified atom stereocenters. The van der Waals surface area contributed by atoms with E-state index in [1.807, 2.05) is 30.8 Å². The topological polar surface area (TPSA) is 56.4 Å². The normalized spacial score (nSPS) is 13.1. The molecule has 19 heavy (non-hydrogen) atoms. The number of nitriles is 1. The van der Waals surface area contributed by atoms with Crippen LogP contribution in [0.4, 0.5) is 0 Å². The summed E-state index contributed by atoms with van der Waals surface area (Å²) in [5, 5.41) is 15.0. The van der Waals surface area contributed by atoms with Crippen molar-refractivity contribution in [1.82, 2.24) is 19.6 Å². The van der Waals surface area contributed by atoms with Crippen molar-refractivity contribution in [3.05, 3.63) is 21.9 Å². The number of halogens is 1. The van der Waals surface area contributed by atoms with Gasteiger partial charge in [0.15, 0.2) is 10.1 Å². The third-order valence-electron chi connectivity index (χ3n) is 2.83. The van der Waals surface area contributed by atoms with Crippen molar-refractivity contribution >= 4 is 27.9 Å². The molecule has 1 atom stereocenters. The standard InChI is InChI=1S/C12H16ClN5S/c1-8-7-19-12-16-11(13)10(18(8)12)9(6-14)15-4-5-17(2)3/h7,9,15H,4-5H2,1-3H3. The minimum absolute atomic E-state index is 0.402. The molecule has 102 valence electrons. The molecule has 1 N–H and O–H groups in total. The summed E-state index contributed by atoms with van der Waals surface area (Å²) in [7, 11) is 3.99. The molecule has 2 aromatic rings. The van der Waals surface area contributed by atoms with Gasteiger partial charge in [-0.05, 0) is 21.0 Å². The fourth-order valence-electron chi connectivity index (χ4n) is 1.88. The van der Waals surface area contributed by atoms with Crippen LogP contribution in [0.3, 0.4) is 0 Å². The molecule has 0 fully saturated rings. The number of imidazole rings is 1. The van der Waals surface area contributed by atoms with Gasteiger partial charge in [-0.1, -0.05) is 11.6 Å². The highest BCUT2D eigenvalue weighted by Gasteiger charge is 2.22. The molecule has 0 amide bonds. The maximum Gasteiger partial charge on any atom is 0.195 e. The lowest BCUT2D eigenvalue weighted by atomic mass is 10.2. The number of thiazole rings is 1. The average molecular weight is 298 g/mol. The summed E-state index contributed by atoms with van der Waals surface area (Å²) >= 11 is 7.70. The molecule has 2 heterocycles. The van der Waals surface area contributed by atoms with E-state index in [0.717, 1.165) is 29.4 Å². The number of hydrogen-bond acceptors (Lipinski definition) is 5. The van der Waals surface area contributed by atoms with E-state index >= 15 is 0 Å². The van der Waals surface area contributed by atoms with Gasteiger partial charge in [-0.2, -0.15) is 5.26 Å². The van der Waals surface area contributed by atoms with E-state index in [2.05, 4.69) is 21.3 Å². The van der Waals surface area contributed by atoms with Crippen LogP contribution in [0.15, 0.2) is 5.38 Å². The molecule has 0 aliphatic rings. The first-order valence-corrected chi connectivity index (χ1v) is 7.20. The van der Waals surface area contributed by atoms with Crippen LogP contribution in [0.2, 0.25) is 5.15 Å². The molecule has 0 bridgehead atoms. The van der Waals surface area contributed by atoms with Crippen molar-refractivity contribution < 1.29 is 0 Å². The summed E-state index contributed by atoms with van der Waals surface area (Å²) in [4.78, 5) is 7.18. The predicted molar refractivity (Wildman–Crippen MR) is 77.7 cm³/mol. The highest BCUT2D eigenvalue weighted by molar-refractivity contribution is 7.15. The van der Waals surface area contributed by atoms with E-state index < -0.39 is 6.04 Å². The molecule has 0 saturated carbocycles. The summed E-state index contributed by atoms with van der Waals surface area (Å²) in [6.07, 6.45) is 0. The predicted octanol–water partition coefficient (Wildman–Crippen LogP) is 2.07. The molecule has 0 spiro atoms. The minimum atomic E-state index is -0.448. The minimum Gasteiger partial charge on any atom is -0.308 e. The van der Waals surface area contributed by atoms with E-state index in [0.29, 0.717) is 5.15 Å². The van der Waals surface area contributed by atoms with E-state index in [1.165, 1.54) is 11.3 Å². The Kier molecular flexibility index (Phi) is 4.42. The Morgan fingerprint density at radius 3 is 3.00 bits per heavy atom. The van der Waals surface area contributed by atoms with Gasteiger partial charge in [0, 0.05) is 24.2 Å². The number of nitrogens with one attached hydrogen (secondary N) is 1. The average Bonchev–Trinajstić information content (AvgIpc) is 2.85. The van der Waals surface area contributed by atoms with Gasteiger partial charge in [-0.15, -0.1) is 11.3 Å². The van der Waals surface area contributed by atoms with Crippen molar-refractivity contribution in [3.63, 3.8) is 0 Å². The maximum absolute atomic E-state index is 9.35. The fourth-order valence-corrected chi connectivity index (χ4v) is 3.08. The van der Waals surface area contributed by atoms with E-state index in [4.69, 9.17) is 11.6 Å². The van der Waals surface area contributed by atoms with E-state index in [1.54, 1.807) is 0 Å². The first-order chi connectivity index (χ1) is 9.04. The second-order valence-electron chi connectivity index (χ2n) is 4.60. The van der Waals surface area contributed by atoms with Gasteiger partial charge in [-0.25, -0.2) is 4.98 Å². The summed E-state index contributed by atoms with van der Waals surface area (Å²) in [5.74, 6) is 0. The number of nitrogens with zero attached hydrogens (tertiary/aromatic N) is 4. The van der Waals surface area contributed by atoms with Gasteiger partial charge < -0.3 is 4.90 Å². The number of rotatable bonds is 5. The van der Waals surface area contributed by atoms with Crippen LogP contribution in [0.25, 0.3) is 4.96 Å². The molecule has 2 rings (SSSR count). The summed E-state index contributed by atoms with van der Waals surface area (Å²) in [5.41, 5.74) is 1.78. The molecular weight excluding hydrogens is 282 g/mol. The number of likely N-dealkylation sites (N-methyl/N-ethyl adjacent to an activating group) is 1. The summed E-state index contributed by atoms with van der Waals surface area (Å²) in [6, 6.07) is 1.81. The van der Waals surface area contributed by atoms with Gasteiger partial charge >= 0.3 is 0 Å². The quantitative estimate of drug-likeness (QED) is 0.918. The van der Waals surface area contributed by atoms with E-state index in [9.17, 15) is 5.26 Å². The molecule has 0 aliphatic carbocycles. The Balaban J connectivity index is 2.27. The third kappa shape index (κ3) is 2.90. The molecule has 0 aliphatic heterocycles. The number of aryl methyl sites for hydroxylation is 1. The Morgan fingerprint density at radius 2 is 2.37 bits per heavy atom. The van der Waals surface area contributed by atoms with Gasteiger partial charge in [0.1, 0.15) is 6.04 Å². The van der Waals surface area contributed by atoms with Crippen molar-refractivity contribution in [2.45, 2.75) is 13.0 Å². The fraction of sp³-hybridized carbons (Fsp3) is 0.500. The lowest BCUT2D eigenvalue weighted by Crippen LogP contribution is -2.30. The lowest BCUT2D eigenvalue weighted by molar-refractivity contribution is 0.394. The van der Waals surface area contributed by atoms with Gasteiger partial charge in [0.2, 0.25) is 0 Å². The first-order valence-electron chi connectivity index (χ1n) is 5.94. The Labute approximate surface area is 121 Å². The molecule has 5 nitrogen and oxygen atoms in total. The molecule has 0 radical (unpaired) electrons. The molecule has 2 aromatic heterocycles. The molecule has 7 heteroatoms. The van der Waals surface area contributed by atoms with Crippen molar-refractivity contribution in [2.24, 2.45) is 0 Å². The van der Waals surface area contributed by atoms with Gasteiger partial charge in [0.25, 0.3) is 0 Å². The Morgan fingerprint density at radius 1 is 1.63 bits per heavy atom. The molecule has 0 saturated heterocycles. The SMILES string of the molecule is Cc1csc2nc(Cl)c(C(C#N)NCCN(C)C)n12. The van der Waals surface area contributed by atoms with Crippen LogP contribution in [0.1, 0.15) is 17.4 Å². The molecule has 0 aromatic carbocycles. The van der Waals surface area contributed by atoms with Gasteiger partial charge in [-0.3, -0.25) is 9.72 Å². The zero-order valence-electron chi connectivity index (χ0n) is 11.1. The Bertz CT molecular complexity index is 609. The van der Waals surface area contributed by atoms with Crippen LogP contribution < -0.4 is 5.32 Å². The van der Waals surface area contributed by atoms with Crippen LogP contribution in [0.5, 0.6) is 0 Å². The zero-order chi connectivity index (χ0) is 14.0. The largest absolute Gasteiger partial charge is 0.308 e. The van der Waals surface area contributed by atoms with Crippen LogP contribution in [-0.4, -0.2) is 41.5 Å². The van der Waals surface area contributed by atoms with Crippen LogP contribution in [-0.2, 0) is 0 Å². The smallest absolute Gasteiger partial charge is 0.195 e. The second-order valence-corrected chi connectivity index (χ2v) is 5.80. The highest BCUT2D eigenvalue weighted by Crippen LogP contribution is 2.28. The van der Waals surface area contributed by atoms with Gasteiger partial charge in [0.05, 0.1) is 11.8 Å². The first kappa shape index (κ1) is 14.3. The van der Waals surface area contributed by atoms with E-state index in [-0.39, 0.29) is 0 Å². The van der Waals surface area contributed by atoms with Crippen molar-refractivity contribution in [2.75, 3.05) is 27.2 Å². The number of hydrogen-bond donors (Lipinski definition) is 1. The lowest BCUT2D eigenvalue weighted by Gasteiger charge is -2.14.